The molecule has 0 saturated carbocycles. The molecule has 158 valence electrons. The Labute approximate surface area is 171 Å². The topological polar surface area (TPSA) is 89.0 Å². The highest BCUT2D eigenvalue weighted by Gasteiger charge is 2.43. The molecule has 2 amide bonds. The van der Waals surface area contributed by atoms with E-state index in [0.717, 1.165) is 19.3 Å². The highest BCUT2D eigenvalue weighted by molar-refractivity contribution is 5.94. The van der Waals surface area contributed by atoms with E-state index in [1.165, 1.54) is 13.3 Å². The number of ether oxygens (including phenoxy) is 2. The fraction of sp³-hybridized carbons (Fsp3) is 0.619. The summed E-state index contributed by atoms with van der Waals surface area (Å²) in [4.78, 5) is 44.2. The fourth-order valence-corrected chi connectivity index (χ4v) is 3.90. The van der Waals surface area contributed by atoms with E-state index in [1.807, 2.05) is 20.8 Å². The minimum atomic E-state index is -0.512. The SMILES string of the molecule is COC(=O)c1ccc(N2CC3(CCC2=O)CCN(C(=O)OC(C)(C)C)CC3)nc1. The Morgan fingerprint density at radius 1 is 1.14 bits per heavy atom. The van der Waals surface area contributed by atoms with Crippen molar-refractivity contribution in [1.82, 2.24) is 9.88 Å². The van der Waals surface area contributed by atoms with Crippen LogP contribution in [0.15, 0.2) is 18.3 Å². The number of hydrogen-bond acceptors (Lipinski definition) is 6. The van der Waals surface area contributed by atoms with Crippen LogP contribution < -0.4 is 4.90 Å². The molecule has 3 rings (SSSR count). The predicted octanol–water partition coefficient (Wildman–Crippen LogP) is 3.01. The first kappa shape index (κ1) is 21.1. The molecule has 8 nitrogen and oxygen atoms in total. The van der Waals surface area contributed by atoms with Gasteiger partial charge in [0.25, 0.3) is 0 Å². The van der Waals surface area contributed by atoms with Crippen molar-refractivity contribution in [3.8, 4) is 0 Å². The number of likely N-dealkylation sites (tertiary alicyclic amines) is 1. The average molecular weight is 403 g/mol. The summed E-state index contributed by atoms with van der Waals surface area (Å²) < 4.78 is 10.2. The molecule has 0 bridgehead atoms. The third-order valence-corrected chi connectivity index (χ3v) is 5.59. The third kappa shape index (κ3) is 4.86. The van der Waals surface area contributed by atoms with Gasteiger partial charge in [0.05, 0.1) is 12.7 Å². The number of rotatable bonds is 2. The molecule has 0 aliphatic carbocycles. The van der Waals surface area contributed by atoms with Gasteiger partial charge in [0.2, 0.25) is 5.91 Å². The molecule has 0 radical (unpaired) electrons. The van der Waals surface area contributed by atoms with Gasteiger partial charge in [-0.3, -0.25) is 9.69 Å². The van der Waals surface area contributed by atoms with Crippen molar-refractivity contribution in [1.29, 1.82) is 0 Å². The number of amides is 2. The number of methoxy groups -OCH3 is 1. The molecule has 2 aliphatic heterocycles. The molecule has 0 aromatic carbocycles. The van der Waals surface area contributed by atoms with Gasteiger partial charge < -0.3 is 14.4 Å². The molecule has 8 heteroatoms. The second kappa shape index (κ2) is 8.00. The van der Waals surface area contributed by atoms with Gasteiger partial charge in [0.1, 0.15) is 11.4 Å². The number of carbonyl (C=O) groups excluding carboxylic acids is 3. The zero-order valence-corrected chi connectivity index (χ0v) is 17.6. The van der Waals surface area contributed by atoms with Crippen molar-refractivity contribution in [2.45, 2.75) is 52.1 Å². The van der Waals surface area contributed by atoms with E-state index in [0.29, 0.717) is 37.4 Å². The number of pyridine rings is 1. The van der Waals surface area contributed by atoms with E-state index in [1.54, 1.807) is 21.9 Å². The molecule has 2 aliphatic rings. The van der Waals surface area contributed by atoms with Crippen LogP contribution >= 0.6 is 0 Å². The molecule has 0 N–H and O–H groups in total. The zero-order chi connectivity index (χ0) is 21.2. The van der Waals surface area contributed by atoms with Crippen LogP contribution in [0.2, 0.25) is 0 Å². The first-order chi connectivity index (χ1) is 13.6. The van der Waals surface area contributed by atoms with Crippen molar-refractivity contribution in [3.05, 3.63) is 23.9 Å². The Kier molecular flexibility index (Phi) is 5.82. The second-order valence-electron chi connectivity index (χ2n) is 8.84. The van der Waals surface area contributed by atoms with Gasteiger partial charge in [-0.15, -0.1) is 0 Å². The second-order valence-corrected chi connectivity index (χ2v) is 8.84. The summed E-state index contributed by atoms with van der Waals surface area (Å²) in [6.07, 6.45) is 4.04. The van der Waals surface area contributed by atoms with Crippen LogP contribution in [0.3, 0.4) is 0 Å². The molecule has 3 heterocycles. The lowest BCUT2D eigenvalue weighted by Crippen LogP contribution is -2.53. The highest BCUT2D eigenvalue weighted by Crippen LogP contribution is 2.41. The van der Waals surface area contributed by atoms with E-state index in [9.17, 15) is 14.4 Å². The van der Waals surface area contributed by atoms with E-state index in [-0.39, 0.29) is 17.4 Å². The van der Waals surface area contributed by atoms with Gasteiger partial charge >= 0.3 is 12.1 Å². The van der Waals surface area contributed by atoms with Crippen molar-refractivity contribution in [3.63, 3.8) is 0 Å². The fourth-order valence-electron chi connectivity index (χ4n) is 3.90. The predicted molar refractivity (Wildman–Crippen MR) is 107 cm³/mol. The molecule has 29 heavy (non-hydrogen) atoms. The van der Waals surface area contributed by atoms with Crippen molar-refractivity contribution < 1.29 is 23.9 Å². The summed E-state index contributed by atoms with van der Waals surface area (Å²) in [5.74, 6) is 0.111. The van der Waals surface area contributed by atoms with Crippen LogP contribution in [0.25, 0.3) is 0 Å². The lowest BCUT2D eigenvalue weighted by Gasteiger charge is -2.47. The highest BCUT2D eigenvalue weighted by atomic mass is 16.6. The zero-order valence-electron chi connectivity index (χ0n) is 17.6. The quantitative estimate of drug-likeness (QED) is 0.705. The molecule has 1 aromatic rings. The molecule has 2 saturated heterocycles. The summed E-state index contributed by atoms with van der Waals surface area (Å²) in [6.45, 7) is 7.38. The summed E-state index contributed by atoms with van der Waals surface area (Å²) in [5, 5.41) is 0. The number of esters is 1. The van der Waals surface area contributed by atoms with Crippen LogP contribution in [-0.4, -0.2) is 60.2 Å². The Morgan fingerprint density at radius 2 is 1.83 bits per heavy atom. The molecule has 2 fully saturated rings. The molecule has 1 aromatic heterocycles. The first-order valence-corrected chi connectivity index (χ1v) is 9.95. The lowest BCUT2D eigenvalue weighted by atomic mass is 9.72. The van der Waals surface area contributed by atoms with Crippen LogP contribution in [-0.2, 0) is 14.3 Å². The van der Waals surface area contributed by atoms with Gasteiger partial charge in [-0.25, -0.2) is 14.6 Å². The maximum atomic E-state index is 12.5. The molecular formula is C21H29N3O5. The van der Waals surface area contributed by atoms with Gasteiger partial charge in [-0.1, -0.05) is 0 Å². The van der Waals surface area contributed by atoms with Crippen LogP contribution in [0.5, 0.6) is 0 Å². The third-order valence-electron chi connectivity index (χ3n) is 5.59. The van der Waals surface area contributed by atoms with Crippen molar-refractivity contribution in [2.75, 3.05) is 31.6 Å². The molecular weight excluding hydrogens is 374 g/mol. The van der Waals surface area contributed by atoms with Crippen molar-refractivity contribution >= 4 is 23.8 Å². The minimum Gasteiger partial charge on any atom is -0.465 e. The lowest BCUT2D eigenvalue weighted by molar-refractivity contribution is -0.122. The smallest absolute Gasteiger partial charge is 0.410 e. The number of carbonyl (C=O) groups is 3. The number of nitrogens with zero attached hydrogens (tertiary/aromatic N) is 3. The van der Waals surface area contributed by atoms with E-state index in [4.69, 9.17) is 9.47 Å². The Bertz CT molecular complexity index is 777. The van der Waals surface area contributed by atoms with E-state index in [2.05, 4.69) is 4.98 Å². The monoisotopic (exact) mass is 403 g/mol. The Balaban J connectivity index is 1.66. The molecule has 0 unspecified atom stereocenters. The summed E-state index contributed by atoms with van der Waals surface area (Å²) in [7, 11) is 1.32. The standard InChI is InChI=1S/C21H29N3O5/c1-20(2,3)29-19(27)23-11-9-21(10-12-23)8-7-17(25)24(14-21)16-6-5-15(13-22-16)18(26)28-4/h5-6,13H,7-12,14H2,1-4H3. The van der Waals surface area contributed by atoms with Crippen LogP contribution in [0, 0.1) is 5.41 Å². The number of hydrogen-bond donors (Lipinski definition) is 0. The number of piperidine rings is 2. The van der Waals surface area contributed by atoms with Gasteiger partial charge in [-0.2, -0.15) is 0 Å². The molecule has 1 spiro atoms. The van der Waals surface area contributed by atoms with Gasteiger partial charge in [-0.05, 0) is 57.6 Å². The van der Waals surface area contributed by atoms with Gasteiger partial charge in [0, 0.05) is 32.3 Å². The summed E-state index contributed by atoms with van der Waals surface area (Å²) in [6, 6.07) is 3.30. The normalized spacial score (nSPS) is 19.2. The van der Waals surface area contributed by atoms with E-state index >= 15 is 0 Å². The van der Waals surface area contributed by atoms with Crippen LogP contribution in [0.4, 0.5) is 10.6 Å². The average Bonchev–Trinajstić information content (AvgIpc) is 2.69. The largest absolute Gasteiger partial charge is 0.465 e. The Hall–Kier alpha value is -2.64. The van der Waals surface area contributed by atoms with Crippen molar-refractivity contribution in [2.24, 2.45) is 5.41 Å². The first-order valence-electron chi connectivity index (χ1n) is 9.95. The van der Waals surface area contributed by atoms with Crippen LogP contribution in [0.1, 0.15) is 56.8 Å². The Morgan fingerprint density at radius 3 is 2.38 bits per heavy atom. The maximum Gasteiger partial charge on any atom is 0.410 e. The van der Waals surface area contributed by atoms with Gasteiger partial charge in [0.15, 0.2) is 0 Å². The summed E-state index contributed by atoms with van der Waals surface area (Å²) in [5.41, 5.74) is -0.196. The minimum absolute atomic E-state index is 0.0310. The number of anilines is 1. The summed E-state index contributed by atoms with van der Waals surface area (Å²) >= 11 is 0. The maximum absolute atomic E-state index is 12.5. The molecule has 0 atom stereocenters. The number of aromatic nitrogens is 1. The van der Waals surface area contributed by atoms with E-state index < -0.39 is 11.6 Å².